The number of hydrogen-bond acceptors (Lipinski definition) is 4. The van der Waals surface area contributed by atoms with Gasteiger partial charge in [-0.2, -0.15) is 5.10 Å². The number of piperidine rings is 1. The first kappa shape index (κ1) is 16.1. The summed E-state index contributed by atoms with van der Waals surface area (Å²) in [5.41, 5.74) is 2.37. The van der Waals surface area contributed by atoms with Gasteiger partial charge in [0.25, 0.3) is 0 Å². The third-order valence-electron chi connectivity index (χ3n) is 4.43. The highest BCUT2D eigenvalue weighted by atomic mass is 15.3. The van der Waals surface area contributed by atoms with E-state index in [1.54, 1.807) is 17.3 Å². The van der Waals surface area contributed by atoms with Crippen molar-refractivity contribution in [1.29, 1.82) is 0 Å². The summed E-state index contributed by atoms with van der Waals surface area (Å²) in [5, 5.41) is 7.85. The molecule has 1 saturated heterocycles. The molecule has 0 atom stereocenters. The molecule has 1 aromatic heterocycles. The minimum atomic E-state index is 0.647. The summed E-state index contributed by atoms with van der Waals surface area (Å²) in [6.07, 6.45) is 5.78. The molecule has 5 heteroatoms. The van der Waals surface area contributed by atoms with Crippen molar-refractivity contribution in [2.75, 3.05) is 19.6 Å². The van der Waals surface area contributed by atoms with Crippen LogP contribution in [-0.4, -0.2) is 45.3 Å². The van der Waals surface area contributed by atoms with E-state index < -0.39 is 0 Å². The Balaban J connectivity index is 1.44. The van der Waals surface area contributed by atoms with Crippen LogP contribution in [0.5, 0.6) is 0 Å². The lowest BCUT2D eigenvalue weighted by Crippen LogP contribution is -2.43. The topological polar surface area (TPSA) is 46.0 Å². The molecule has 5 nitrogen and oxygen atoms in total. The number of aromatic nitrogens is 3. The lowest BCUT2D eigenvalue weighted by molar-refractivity contribution is 0.179. The molecule has 2 heterocycles. The molecule has 1 aliphatic heterocycles. The molecule has 124 valence electrons. The van der Waals surface area contributed by atoms with Gasteiger partial charge in [0.15, 0.2) is 0 Å². The van der Waals surface area contributed by atoms with Gasteiger partial charge in [0.05, 0.1) is 5.69 Å². The van der Waals surface area contributed by atoms with E-state index in [9.17, 15) is 0 Å². The van der Waals surface area contributed by atoms with Crippen molar-refractivity contribution in [2.45, 2.75) is 39.3 Å². The van der Waals surface area contributed by atoms with Crippen LogP contribution in [0, 0.1) is 5.92 Å². The molecule has 0 unspecified atom stereocenters. The molecule has 1 aromatic carbocycles. The average Bonchev–Trinajstić information content (AvgIpc) is 3.09. The van der Waals surface area contributed by atoms with Gasteiger partial charge in [-0.05, 0) is 49.5 Å². The molecule has 0 bridgehead atoms. The number of hydrogen-bond donors (Lipinski definition) is 1. The highest BCUT2D eigenvalue weighted by molar-refractivity contribution is 5.33. The maximum Gasteiger partial charge on any atom is 0.138 e. The maximum absolute atomic E-state index is 4.15. The van der Waals surface area contributed by atoms with Gasteiger partial charge in [0.1, 0.15) is 12.7 Å². The van der Waals surface area contributed by atoms with Crippen LogP contribution in [-0.2, 0) is 6.54 Å². The van der Waals surface area contributed by atoms with Crippen LogP contribution in [0.1, 0.15) is 32.3 Å². The SMILES string of the molecule is CC(C)CN1CCC(NCc2ccc(-n3cncn3)cc2)CC1. The molecule has 1 N–H and O–H groups in total. The molecular formula is C18H27N5. The minimum Gasteiger partial charge on any atom is -0.310 e. The maximum atomic E-state index is 4.15. The van der Waals surface area contributed by atoms with Crippen LogP contribution in [0.25, 0.3) is 5.69 Å². The number of likely N-dealkylation sites (tertiary alicyclic amines) is 1. The molecule has 0 amide bonds. The van der Waals surface area contributed by atoms with Crippen molar-refractivity contribution in [2.24, 2.45) is 5.92 Å². The summed E-state index contributed by atoms with van der Waals surface area (Å²) in [6, 6.07) is 9.16. The lowest BCUT2D eigenvalue weighted by atomic mass is 10.0. The summed E-state index contributed by atoms with van der Waals surface area (Å²) >= 11 is 0. The van der Waals surface area contributed by atoms with Gasteiger partial charge in [0, 0.05) is 19.1 Å². The largest absolute Gasteiger partial charge is 0.310 e. The summed E-state index contributed by atoms with van der Waals surface area (Å²) in [4.78, 5) is 6.57. The van der Waals surface area contributed by atoms with E-state index in [0.717, 1.165) is 18.2 Å². The molecule has 3 rings (SSSR count). The summed E-state index contributed by atoms with van der Waals surface area (Å²) < 4.78 is 1.78. The van der Waals surface area contributed by atoms with Gasteiger partial charge >= 0.3 is 0 Å². The minimum absolute atomic E-state index is 0.647. The van der Waals surface area contributed by atoms with Crippen molar-refractivity contribution in [3.05, 3.63) is 42.5 Å². The van der Waals surface area contributed by atoms with Gasteiger partial charge in [-0.25, -0.2) is 9.67 Å². The second-order valence-electron chi connectivity index (χ2n) is 6.86. The van der Waals surface area contributed by atoms with Crippen LogP contribution < -0.4 is 5.32 Å². The fourth-order valence-corrected chi connectivity index (χ4v) is 3.21. The normalized spacial score (nSPS) is 17.0. The van der Waals surface area contributed by atoms with E-state index in [4.69, 9.17) is 0 Å². The van der Waals surface area contributed by atoms with Crippen molar-refractivity contribution in [3.63, 3.8) is 0 Å². The zero-order valence-electron chi connectivity index (χ0n) is 14.2. The Kier molecular flexibility index (Phi) is 5.41. The monoisotopic (exact) mass is 313 g/mol. The smallest absolute Gasteiger partial charge is 0.138 e. The highest BCUT2D eigenvalue weighted by Crippen LogP contribution is 2.13. The van der Waals surface area contributed by atoms with Crippen molar-refractivity contribution >= 4 is 0 Å². The molecule has 0 aliphatic carbocycles. The second kappa shape index (κ2) is 7.70. The number of nitrogens with zero attached hydrogens (tertiary/aromatic N) is 4. The zero-order valence-corrected chi connectivity index (χ0v) is 14.2. The molecule has 0 saturated carbocycles. The Hall–Kier alpha value is -1.72. The fourth-order valence-electron chi connectivity index (χ4n) is 3.21. The Morgan fingerprint density at radius 3 is 2.52 bits per heavy atom. The van der Waals surface area contributed by atoms with Crippen LogP contribution >= 0.6 is 0 Å². The van der Waals surface area contributed by atoms with Gasteiger partial charge in [-0.15, -0.1) is 0 Å². The van der Waals surface area contributed by atoms with E-state index in [2.05, 4.69) is 58.4 Å². The van der Waals surface area contributed by atoms with E-state index in [1.165, 1.54) is 38.0 Å². The molecule has 2 aromatic rings. The number of nitrogens with one attached hydrogen (secondary N) is 1. The number of rotatable bonds is 6. The molecule has 0 radical (unpaired) electrons. The molecule has 1 aliphatic rings. The van der Waals surface area contributed by atoms with E-state index in [0.29, 0.717) is 6.04 Å². The lowest BCUT2D eigenvalue weighted by Gasteiger charge is -2.33. The van der Waals surface area contributed by atoms with E-state index in [-0.39, 0.29) is 0 Å². The zero-order chi connectivity index (χ0) is 16.1. The van der Waals surface area contributed by atoms with Crippen LogP contribution in [0.4, 0.5) is 0 Å². The van der Waals surface area contributed by atoms with Crippen LogP contribution in [0.2, 0.25) is 0 Å². The van der Waals surface area contributed by atoms with Crippen molar-refractivity contribution < 1.29 is 0 Å². The predicted molar refractivity (Wildman–Crippen MR) is 92.5 cm³/mol. The Morgan fingerprint density at radius 1 is 1.17 bits per heavy atom. The van der Waals surface area contributed by atoms with Gasteiger partial charge in [-0.3, -0.25) is 0 Å². The van der Waals surface area contributed by atoms with Crippen LogP contribution in [0.3, 0.4) is 0 Å². The molecule has 23 heavy (non-hydrogen) atoms. The summed E-state index contributed by atoms with van der Waals surface area (Å²) in [7, 11) is 0. The Morgan fingerprint density at radius 2 is 1.91 bits per heavy atom. The fraction of sp³-hybridized carbons (Fsp3) is 0.556. The predicted octanol–water partition coefficient (Wildman–Crippen LogP) is 2.48. The van der Waals surface area contributed by atoms with Gasteiger partial charge in [-0.1, -0.05) is 26.0 Å². The summed E-state index contributed by atoms with van der Waals surface area (Å²) in [6.45, 7) is 9.21. The quantitative estimate of drug-likeness (QED) is 0.890. The highest BCUT2D eigenvalue weighted by Gasteiger charge is 2.18. The standard InChI is InChI=1S/C18H27N5/c1-15(2)12-22-9-7-17(8-10-22)20-11-16-3-5-18(6-4-16)23-14-19-13-21-23/h3-6,13-15,17,20H,7-12H2,1-2H3. The molecular weight excluding hydrogens is 286 g/mol. The third kappa shape index (κ3) is 4.62. The van der Waals surface area contributed by atoms with E-state index in [1.807, 2.05) is 0 Å². The number of benzene rings is 1. The first-order valence-corrected chi connectivity index (χ1v) is 8.60. The second-order valence-corrected chi connectivity index (χ2v) is 6.86. The Bertz CT molecular complexity index is 568. The molecule has 0 spiro atoms. The van der Waals surface area contributed by atoms with E-state index >= 15 is 0 Å². The first-order chi connectivity index (χ1) is 11.2. The van der Waals surface area contributed by atoms with Gasteiger partial charge in [0.2, 0.25) is 0 Å². The Labute approximate surface area is 138 Å². The molecule has 1 fully saturated rings. The van der Waals surface area contributed by atoms with Crippen molar-refractivity contribution in [1.82, 2.24) is 25.0 Å². The first-order valence-electron chi connectivity index (χ1n) is 8.60. The summed E-state index contributed by atoms with van der Waals surface area (Å²) in [5.74, 6) is 0.767. The van der Waals surface area contributed by atoms with Crippen molar-refractivity contribution in [3.8, 4) is 5.69 Å². The third-order valence-corrected chi connectivity index (χ3v) is 4.43. The van der Waals surface area contributed by atoms with Crippen LogP contribution in [0.15, 0.2) is 36.9 Å². The average molecular weight is 313 g/mol. The van der Waals surface area contributed by atoms with Gasteiger partial charge < -0.3 is 10.2 Å².